The Labute approximate surface area is 133 Å². The maximum atomic E-state index is 12.4. The molecular weight excluding hydrogens is 298 g/mol. The third kappa shape index (κ3) is 2.20. The second-order valence-electron chi connectivity index (χ2n) is 5.64. The first-order valence-electron chi connectivity index (χ1n) is 7.32. The molecule has 5 heteroatoms. The number of hydrogen-bond acceptors (Lipinski definition) is 3. The number of benzene rings is 1. The van der Waals surface area contributed by atoms with Crippen molar-refractivity contribution >= 4 is 28.9 Å². The van der Waals surface area contributed by atoms with E-state index in [9.17, 15) is 4.79 Å². The summed E-state index contributed by atoms with van der Waals surface area (Å²) in [6.07, 6.45) is 6.11. The lowest BCUT2D eigenvalue weighted by Gasteiger charge is -2.33. The minimum atomic E-state index is 0.0309. The van der Waals surface area contributed by atoms with Crippen LogP contribution in [0, 0.1) is 5.92 Å². The lowest BCUT2D eigenvalue weighted by atomic mass is 9.80. The van der Waals surface area contributed by atoms with Crippen molar-refractivity contribution in [2.24, 2.45) is 11.0 Å². The molecule has 2 aromatic rings. The van der Waals surface area contributed by atoms with Crippen molar-refractivity contribution in [2.75, 3.05) is 5.01 Å². The van der Waals surface area contributed by atoms with Gasteiger partial charge in [0.15, 0.2) is 0 Å². The molecule has 0 saturated heterocycles. The molecule has 0 radical (unpaired) electrons. The van der Waals surface area contributed by atoms with Gasteiger partial charge < -0.3 is 0 Å². The molecule has 1 unspecified atom stereocenters. The number of carbonyl (C=O) groups is 1. The predicted octanol–water partition coefficient (Wildman–Crippen LogP) is 3.44. The molecule has 1 aliphatic carbocycles. The molecule has 4 nitrogen and oxygen atoms in total. The second kappa shape index (κ2) is 5.21. The molecule has 1 aromatic heterocycles. The number of hydrazone groups is 1. The Morgan fingerprint density at radius 3 is 2.82 bits per heavy atom. The Kier molecular flexibility index (Phi) is 3.19. The van der Waals surface area contributed by atoms with Crippen molar-refractivity contribution in [1.82, 2.24) is 4.98 Å². The summed E-state index contributed by atoms with van der Waals surface area (Å²) in [4.78, 5) is 16.6. The third-order valence-electron chi connectivity index (χ3n) is 4.27. The monoisotopic (exact) mass is 311 g/mol. The summed E-state index contributed by atoms with van der Waals surface area (Å²) in [5.41, 5.74) is 4.06. The van der Waals surface area contributed by atoms with E-state index >= 15 is 0 Å². The first-order chi connectivity index (χ1) is 10.7. The fourth-order valence-corrected chi connectivity index (χ4v) is 3.26. The SMILES string of the molecule is O=C1CC2CCc3ccncc3C2=NN1c1ccc(Cl)cc1. The summed E-state index contributed by atoms with van der Waals surface area (Å²) in [6, 6.07) is 9.21. The van der Waals surface area contributed by atoms with Crippen molar-refractivity contribution in [2.45, 2.75) is 19.3 Å². The van der Waals surface area contributed by atoms with Crippen molar-refractivity contribution in [1.29, 1.82) is 0 Å². The van der Waals surface area contributed by atoms with Gasteiger partial charge in [0.1, 0.15) is 0 Å². The number of pyridine rings is 1. The van der Waals surface area contributed by atoms with E-state index in [1.165, 1.54) is 10.6 Å². The molecule has 0 spiro atoms. The molecule has 2 aliphatic rings. The van der Waals surface area contributed by atoms with Crippen LogP contribution in [0.5, 0.6) is 0 Å². The Morgan fingerprint density at radius 2 is 2.00 bits per heavy atom. The van der Waals surface area contributed by atoms with Crippen molar-refractivity contribution in [3.8, 4) is 0 Å². The van der Waals surface area contributed by atoms with Crippen LogP contribution in [0.15, 0.2) is 47.8 Å². The molecule has 0 bridgehead atoms. The zero-order chi connectivity index (χ0) is 15.1. The second-order valence-corrected chi connectivity index (χ2v) is 6.08. The molecule has 1 aliphatic heterocycles. The van der Waals surface area contributed by atoms with Gasteiger partial charge in [-0.25, -0.2) is 5.01 Å². The molecule has 110 valence electrons. The van der Waals surface area contributed by atoms with Crippen LogP contribution in [0.2, 0.25) is 5.02 Å². The minimum Gasteiger partial charge on any atom is -0.273 e. The van der Waals surface area contributed by atoms with Crippen LogP contribution < -0.4 is 5.01 Å². The van der Waals surface area contributed by atoms with Crippen LogP contribution in [0.25, 0.3) is 0 Å². The summed E-state index contributed by atoms with van der Waals surface area (Å²) in [7, 11) is 0. The first kappa shape index (κ1) is 13.5. The van der Waals surface area contributed by atoms with E-state index in [0.29, 0.717) is 11.4 Å². The molecule has 1 aromatic carbocycles. The van der Waals surface area contributed by atoms with Gasteiger partial charge in [0.25, 0.3) is 0 Å². The van der Waals surface area contributed by atoms with Gasteiger partial charge in [-0.2, -0.15) is 5.10 Å². The highest BCUT2D eigenvalue weighted by atomic mass is 35.5. The van der Waals surface area contributed by atoms with Crippen LogP contribution >= 0.6 is 11.6 Å². The number of amides is 1. The highest BCUT2D eigenvalue weighted by Gasteiger charge is 2.34. The first-order valence-corrected chi connectivity index (χ1v) is 7.70. The molecule has 0 saturated carbocycles. The van der Waals surface area contributed by atoms with Gasteiger partial charge >= 0.3 is 0 Å². The van der Waals surface area contributed by atoms with Crippen molar-refractivity contribution < 1.29 is 4.79 Å². The van der Waals surface area contributed by atoms with Gasteiger partial charge in [0.05, 0.1) is 11.4 Å². The zero-order valence-electron chi connectivity index (χ0n) is 11.9. The zero-order valence-corrected chi connectivity index (χ0v) is 12.6. The quantitative estimate of drug-likeness (QED) is 0.810. The summed E-state index contributed by atoms with van der Waals surface area (Å²) in [5.74, 6) is 0.233. The molecule has 1 atom stereocenters. The predicted molar refractivity (Wildman–Crippen MR) is 86.1 cm³/mol. The summed E-state index contributed by atoms with van der Waals surface area (Å²) >= 11 is 5.92. The number of fused-ring (bicyclic) bond motifs is 3. The van der Waals surface area contributed by atoms with E-state index in [0.717, 1.165) is 29.8 Å². The fourth-order valence-electron chi connectivity index (χ4n) is 3.14. The van der Waals surface area contributed by atoms with Crippen LogP contribution in [-0.4, -0.2) is 16.6 Å². The lowest BCUT2D eigenvalue weighted by molar-refractivity contribution is -0.119. The summed E-state index contributed by atoms with van der Waals surface area (Å²) in [6.45, 7) is 0. The van der Waals surface area contributed by atoms with Crippen LogP contribution in [0.3, 0.4) is 0 Å². The number of rotatable bonds is 1. The van der Waals surface area contributed by atoms with E-state index in [-0.39, 0.29) is 11.8 Å². The van der Waals surface area contributed by atoms with E-state index < -0.39 is 0 Å². The van der Waals surface area contributed by atoms with E-state index in [1.807, 2.05) is 30.6 Å². The lowest BCUT2D eigenvalue weighted by Crippen LogP contribution is -2.39. The number of halogens is 1. The van der Waals surface area contributed by atoms with Crippen molar-refractivity contribution in [3.63, 3.8) is 0 Å². The molecule has 0 N–H and O–H groups in total. The van der Waals surface area contributed by atoms with E-state index in [4.69, 9.17) is 11.6 Å². The Balaban J connectivity index is 1.80. The molecule has 1 amide bonds. The van der Waals surface area contributed by atoms with Gasteiger partial charge in [-0.05, 0) is 48.7 Å². The Morgan fingerprint density at radius 1 is 1.18 bits per heavy atom. The van der Waals surface area contributed by atoms with Crippen LogP contribution in [0.1, 0.15) is 24.0 Å². The highest BCUT2D eigenvalue weighted by molar-refractivity contribution is 6.30. The molecule has 2 heterocycles. The van der Waals surface area contributed by atoms with E-state index in [1.54, 1.807) is 12.1 Å². The van der Waals surface area contributed by atoms with Gasteiger partial charge in [0, 0.05) is 35.3 Å². The van der Waals surface area contributed by atoms with Crippen molar-refractivity contribution in [3.05, 3.63) is 58.9 Å². The Hall–Kier alpha value is -2.20. The number of hydrogen-bond donors (Lipinski definition) is 0. The average molecular weight is 312 g/mol. The molecule has 0 fully saturated rings. The number of anilines is 1. The van der Waals surface area contributed by atoms with Gasteiger partial charge in [-0.1, -0.05) is 11.6 Å². The molecule has 22 heavy (non-hydrogen) atoms. The standard InChI is InChI=1S/C17H14ClN3O/c18-13-3-5-14(6-4-13)21-16(22)9-12-2-1-11-7-8-19-10-15(11)17(12)20-21/h3-8,10,12H,1-2,9H2. The maximum Gasteiger partial charge on any atom is 0.248 e. The van der Waals surface area contributed by atoms with Gasteiger partial charge in [0.2, 0.25) is 5.91 Å². The summed E-state index contributed by atoms with van der Waals surface area (Å²) < 4.78 is 0. The van der Waals surface area contributed by atoms with Gasteiger partial charge in [-0.3, -0.25) is 9.78 Å². The normalized spacial score (nSPS) is 20.2. The third-order valence-corrected chi connectivity index (χ3v) is 4.52. The number of aromatic nitrogens is 1. The number of carbonyl (C=O) groups excluding carboxylic acids is 1. The Bertz CT molecular complexity index is 770. The number of aryl methyl sites for hydroxylation is 1. The molecule has 4 rings (SSSR count). The van der Waals surface area contributed by atoms with Crippen LogP contribution in [0.4, 0.5) is 5.69 Å². The maximum absolute atomic E-state index is 12.4. The summed E-state index contributed by atoms with van der Waals surface area (Å²) in [5, 5.41) is 6.78. The topological polar surface area (TPSA) is 45.6 Å². The molecular formula is C17H14ClN3O. The van der Waals surface area contributed by atoms with Crippen LogP contribution in [-0.2, 0) is 11.2 Å². The highest BCUT2D eigenvalue weighted by Crippen LogP contribution is 2.33. The largest absolute Gasteiger partial charge is 0.273 e. The number of nitrogens with zero attached hydrogens (tertiary/aromatic N) is 3. The van der Waals surface area contributed by atoms with E-state index in [2.05, 4.69) is 10.1 Å². The fraction of sp³-hybridized carbons (Fsp3) is 0.235. The average Bonchev–Trinajstić information content (AvgIpc) is 2.55. The minimum absolute atomic E-state index is 0.0309. The smallest absolute Gasteiger partial charge is 0.248 e. The van der Waals surface area contributed by atoms with Gasteiger partial charge in [-0.15, -0.1) is 0 Å².